The van der Waals surface area contributed by atoms with Crippen molar-refractivity contribution < 1.29 is 12.8 Å². The van der Waals surface area contributed by atoms with E-state index in [4.69, 9.17) is 17.3 Å². The summed E-state index contributed by atoms with van der Waals surface area (Å²) < 4.78 is 40.8. The summed E-state index contributed by atoms with van der Waals surface area (Å²) in [5, 5.41) is -0.310. The zero-order chi connectivity index (χ0) is 14.8. The summed E-state index contributed by atoms with van der Waals surface area (Å²) >= 11 is 5.62. The first-order valence-corrected chi connectivity index (χ1v) is 7.80. The van der Waals surface area contributed by atoms with Gasteiger partial charge in [0.25, 0.3) is 0 Å². The van der Waals surface area contributed by atoms with Crippen LogP contribution in [0.5, 0.6) is 0 Å². The molecule has 0 saturated carbocycles. The fourth-order valence-electron chi connectivity index (χ4n) is 1.55. The minimum absolute atomic E-state index is 0.0986. The predicted octanol–water partition coefficient (Wildman–Crippen LogP) is 2.92. The van der Waals surface area contributed by atoms with E-state index in [9.17, 15) is 12.8 Å². The summed E-state index contributed by atoms with van der Waals surface area (Å²) in [4.78, 5) is -0.523. The molecule has 0 fully saturated rings. The SMILES string of the molecule is CCC(C)(CC)NS(=O)(=O)c1cc(N)cc(Cl)c1F. The van der Waals surface area contributed by atoms with Crippen molar-refractivity contribution in [2.45, 2.75) is 44.0 Å². The average molecular weight is 309 g/mol. The molecule has 7 heteroatoms. The molecule has 0 radical (unpaired) electrons. The Morgan fingerprint density at radius 3 is 2.37 bits per heavy atom. The van der Waals surface area contributed by atoms with Crippen molar-refractivity contribution in [3.05, 3.63) is 23.0 Å². The first-order valence-electron chi connectivity index (χ1n) is 5.93. The van der Waals surface area contributed by atoms with Crippen LogP contribution in [0.25, 0.3) is 0 Å². The molecule has 19 heavy (non-hydrogen) atoms. The average Bonchev–Trinajstić information content (AvgIpc) is 2.32. The Hall–Kier alpha value is -0.850. The van der Waals surface area contributed by atoms with E-state index in [1.54, 1.807) is 6.92 Å². The summed E-state index contributed by atoms with van der Waals surface area (Å²) in [5.41, 5.74) is 4.97. The molecule has 0 aliphatic carbocycles. The molecule has 4 nitrogen and oxygen atoms in total. The van der Waals surface area contributed by atoms with Crippen molar-refractivity contribution in [3.8, 4) is 0 Å². The third-order valence-corrected chi connectivity index (χ3v) is 5.16. The van der Waals surface area contributed by atoms with Crippen LogP contribution in [0.3, 0.4) is 0 Å². The Labute approximate surface area is 118 Å². The number of anilines is 1. The molecule has 3 N–H and O–H groups in total. The van der Waals surface area contributed by atoms with Crippen LogP contribution < -0.4 is 10.5 Å². The number of nitrogens with two attached hydrogens (primary N) is 1. The molecular weight excluding hydrogens is 291 g/mol. The number of hydrogen-bond acceptors (Lipinski definition) is 3. The van der Waals surface area contributed by atoms with Gasteiger partial charge in [0.15, 0.2) is 5.82 Å². The van der Waals surface area contributed by atoms with Gasteiger partial charge in [-0.3, -0.25) is 0 Å². The molecule has 0 bridgehead atoms. The van der Waals surface area contributed by atoms with Crippen molar-refractivity contribution in [2.24, 2.45) is 0 Å². The van der Waals surface area contributed by atoms with Gasteiger partial charge in [-0.2, -0.15) is 0 Å². The number of sulfonamides is 1. The number of halogens is 2. The topological polar surface area (TPSA) is 72.2 Å². The lowest BCUT2D eigenvalue weighted by molar-refractivity contribution is 0.387. The van der Waals surface area contributed by atoms with Crippen LogP contribution in [0.2, 0.25) is 5.02 Å². The maximum atomic E-state index is 13.9. The minimum atomic E-state index is -4.01. The molecule has 1 aromatic rings. The van der Waals surface area contributed by atoms with E-state index in [2.05, 4.69) is 4.72 Å². The fourth-order valence-corrected chi connectivity index (χ4v) is 3.52. The highest BCUT2D eigenvalue weighted by Crippen LogP contribution is 2.27. The van der Waals surface area contributed by atoms with Crippen LogP contribution in [0.4, 0.5) is 10.1 Å². The largest absolute Gasteiger partial charge is 0.399 e. The van der Waals surface area contributed by atoms with Crippen LogP contribution in [0.1, 0.15) is 33.6 Å². The lowest BCUT2D eigenvalue weighted by Gasteiger charge is -2.28. The molecule has 0 aliphatic heterocycles. The highest BCUT2D eigenvalue weighted by Gasteiger charge is 2.30. The van der Waals surface area contributed by atoms with Crippen molar-refractivity contribution in [1.82, 2.24) is 4.72 Å². The van der Waals surface area contributed by atoms with Gasteiger partial charge in [-0.1, -0.05) is 25.4 Å². The fraction of sp³-hybridized carbons (Fsp3) is 0.500. The smallest absolute Gasteiger partial charge is 0.244 e. The second-order valence-corrected chi connectivity index (χ2v) is 6.75. The van der Waals surface area contributed by atoms with E-state index in [0.717, 1.165) is 6.07 Å². The van der Waals surface area contributed by atoms with E-state index in [-0.39, 0.29) is 10.7 Å². The van der Waals surface area contributed by atoms with Gasteiger partial charge in [0.05, 0.1) is 5.02 Å². The molecule has 1 aromatic carbocycles. The molecule has 0 aliphatic rings. The summed E-state index contributed by atoms with van der Waals surface area (Å²) in [5.74, 6) is -0.988. The van der Waals surface area contributed by atoms with Crippen LogP contribution in [-0.2, 0) is 10.0 Å². The standard InChI is InChI=1S/C12H18ClFN2O2S/c1-4-12(3,5-2)16-19(17,18)10-7-8(15)6-9(13)11(10)14/h6-7,16H,4-5,15H2,1-3H3. The molecular formula is C12H18ClFN2O2S. The summed E-state index contributed by atoms with van der Waals surface area (Å²) in [6, 6.07) is 2.24. The quantitative estimate of drug-likeness (QED) is 0.821. The van der Waals surface area contributed by atoms with Gasteiger partial charge in [0, 0.05) is 11.2 Å². The molecule has 0 aromatic heterocycles. The Morgan fingerprint density at radius 1 is 1.37 bits per heavy atom. The third-order valence-electron chi connectivity index (χ3n) is 3.25. The van der Waals surface area contributed by atoms with Crippen molar-refractivity contribution in [3.63, 3.8) is 0 Å². The third kappa shape index (κ3) is 3.58. The second-order valence-electron chi connectivity index (χ2n) is 4.69. The van der Waals surface area contributed by atoms with Gasteiger partial charge >= 0.3 is 0 Å². The molecule has 0 atom stereocenters. The molecule has 0 unspecified atom stereocenters. The molecule has 0 amide bonds. The van der Waals surface area contributed by atoms with Crippen molar-refractivity contribution in [2.75, 3.05) is 5.73 Å². The van der Waals surface area contributed by atoms with Gasteiger partial charge in [-0.15, -0.1) is 0 Å². The van der Waals surface area contributed by atoms with Gasteiger partial charge < -0.3 is 5.73 Å². The van der Waals surface area contributed by atoms with E-state index < -0.39 is 26.3 Å². The number of rotatable bonds is 5. The highest BCUT2D eigenvalue weighted by molar-refractivity contribution is 7.89. The van der Waals surface area contributed by atoms with E-state index in [1.807, 2.05) is 13.8 Å². The molecule has 0 spiro atoms. The molecule has 108 valence electrons. The van der Waals surface area contributed by atoms with E-state index in [0.29, 0.717) is 12.8 Å². The monoisotopic (exact) mass is 308 g/mol. The predicted molar refractivity (Wildman–Crippen MR) is 75.1 cm³/mol. The van der Waals surface area contributed by atoms with Crippen LogP contribution in [0.15, 0.2) is 17.0 Å². The van der Waals surface area contributed by atoms with E-state index >= 15 is 0 Å². The van der Waals surface area contributed by atoms with E-state index in [1.165, 1.54) is 6.07 Å². The maximum absolute atomic E-state index is 13.9. The Kier molecular flexibility index (Phi) is 4.81. The first kappa shape index (κ1) is 16.2. The molecule has 0 saturated heterocycles. The van der Waals surface area contributed by atoms with Gasteiger partial charge in [0.2, 0.25) is 10.0 Å². The number of hydrogen-bond donors (Lipinski definition) is 2. The van der Waals surface area contributed by atoms with Crippen molar-refractivity contribution in [1.29, 1.82) is 0 Å². The zero-order valence-corrected chi connectivity index (χ0v) is 12.7. The van der Waals surface area contributed by atoms with Gasteiger partial charge in [-0.05, 0) is 31.9 Å². The Bertz CT molecular complexity index is 571. The number of benzene rings is 1. The minimum Gasteiger partial charge on any atom is -0.399 e. The summed E-state index contributed by atoms with van der Waals surface area (Å²) in [6.45, 7) is 5.47. The summed E-state index contributed by atoms with van der Waals surface area (Å²) in [7, 11) is -4.01. The maximum Gasteiger partial charge on any atom is 0.244 e. The van der Waals surface area contributed by atoms with Gasteiger partial charge in [0.1, 0.15) is 4.90 Å². The lowest BCUT2D eigenvalue weighted by atomic mass is 9.98. The Morgan fingerprint density at radius 2 is 1.89 bits per heavy atom. The molecule has 1 rings (SSSR count). The second kappa shape index (κ2) is 5.64. The molecule has 0 heterocycles. The normalized spacial score (nSPS) is 12.7. The lowest BCUT2D eigenvalue weighted by Crippen LogP contribution is -2.45. The van der Waals surface area contributed by atoms with Gasteiger partial charge in [-0.25, -0.2) is 17.5 Å². The van der Waals surface area contributed by atoms with Crippen LogP contribution >= 0.6 is 11.6 Å². The van der Waals surface area contributed by atoms with Crippen LogP contribution in [0, 0.1) is 5.82 Å². The van der Waals surface area contributed by atoms with Crippen LogP contribution in [-0.4, -0.2) is 14.0 Å². The Balaban J connectivity index is 3.29. The summed E-state index contributed by atoms with van der Waals surface area (Å²) in [6.07, 6.45) is 1.17. The first-order chi connectivity index (χ1) is 8.65. The van der Waals surface area contributed by atoms with Crippen molar-refractivity contribution >= 4 is 27.3 Å². The zero-order valence-electron chi connectivity index (χ0n) is 11.1. The number of nitrogen functional groups attached to an aromatic ring is 1. The number of nitrogens with one attached hydrogen (secondary N) is 1. The highest BCUT2D eigenvalue weighted by atomic mass is 35.5.